The van der Waals surface area contributed by atoms with Gasteiger partial charge in [0, 0.05) is 18.2 Å². The summed E-state index contributed by atoms with van der Waals surface area (Å²) in [6.45, 7) is 3.02. The number of hydrogen-bond donors (Lipinski definition) is 1. The summed E-state index contributed by atoms with van der Waals surface area (Å²) >= 11 is 0. The molecule has 4 heteroatoms. The lowest BCUT2D eigenvalue weighted by Gasteiger charge is -2.33. The summed E-state index contributed by atoms with van der Waals surface area (Å²) in [5.74, 6) is 0.0249. The van der Waals surface area contributed by atoms with Crippen molar-refractivity contribution < 1.29 is 9.18 Å². The highest BCUT2D eigenvalue weighted by atomic mass is 19.1. The summed E-state index contributed by atoms with van der Waals surface area (Å²) < 4.78 is 13.4. The first-order valence-electron chi connectivity index (χ1n) is 7.44. The number of rotatable bonds is 4. The summed E-state index contributed by atoms with van der Waals surface area (Å²) in [6, 6.07) is 6.24. The Bertz CT molecular complexity index is 464. The summed E-state index contributed by atoms with van der Waals surface area (Å²) in [6.07, 6.45) is 4.14. The molecule has 1 saturated carbocycles. The minimum Gasteiger partial charge on any atom is -0.330 e. The van der Waals surface area contributed by atoms with Crippen LogP contribution in [-0.4, -0.2) is 19.0 Å². The molecule has 1 aromatic rings. The summed E-state index contributed by atoms with van der Waals surface area (Å²) in [5.41, 5.74) is 6.44. The molecule has 0 spiro atoms. The Labute approximate surface area is 120 Å². The van der Waals surface area contributed by atoms with Crippen LogP contribution in [0.1, 0.15) is 32.6 Å². The molecule has 2 unspecified atom stereocenters. The lowest BCUT2D eigenvalue weighted by molar-refractivity contribution is -0.124. The van der Waals surface area contributed by atoms with Gasteiger partial charge in [-0.1, -0.05) is 18.9 Å². The molecular formula is C16H23FN2O. The molecule has 0 saturated heterocycles. The number of nitrogens with two attached hydrogens (primary N) is 1. The minimum absolute atomic E-state index is 0.0167. The van der Waals surface area contributed by atoms with Crippen LogP contribution < -0.4 is 10.6 Å². The van der Waals surface area contributed by atoms with Crippen molar-refractivity contribution in [3.8, 4) is 0 Å². The van der Waals surface area contributed by atoms with Crippen LogP contribution in [0.3, 0.4) is 0 Å². The predicted molar refractivity (Wildman–Crippen MR) is 78.9 cm³/mol. The molecule has 0 aliphatic heterocycles. The largest absolute Gasteiger partial charge is 0.330 e. The van der Waals surface area contributed by atoms with E-state index in [9.17, 15) is 9.18 Å². The second kappa shape index (κ2) is 6.84. The van der Waals surface area contributed by atoms with Gasteiger partial charge in [-0.2, -0.15) is 0 Å². The molecular weight excluding hydrogens is 255 g/mol. The average molecular weight is 278 g/mol. The van der Waals surface area contributed by atoms with Gasteiger partial charge in [0.15, 0.2) is 0 Å². The summed E-state index contributed by atoms with van der Waals surface area (Å²) in [7, 11) is 0. The Morgan fingerprint density at radius 1 is 1.40 bits per heavy atom. The maximum absolute atomic E-state index is 13.4. The van der Waals surface area contributed by atoms with Crippen LogP contribution in [0.2, 0.25) is 0 Å². The van der Waals surface area contributed by atoms with Crippen molar-refractivity contribution in [2.75, 3.05) is 18.0 Å². The van der Waals surface area contributed by atoms with Crippen LogP contribution in [-0.2, 0) is 4.79 Å². The van der Waals surface area contributed by atoms with Crippen LogP contribution in [0.5, 0.6) is 0 Å². The normalized spacial score (nSPS) is 22.6. The van der Waals surface area contributed by atoms with E-state index in [1.54, 1.807) is 17.0 Å². The van der Waals surface area contributed by atoms with Gasteiger partial charge in [0.1, 0.15) is 5.82 Å². The molecule has 1 aromatic carbocycles. The molecule has 1 amide bonds. The van der Waals surface area contributed by atoms with Gasteiger partial charge in [-0.05, 0) is 50.4 Å². The van der Waals surface area contributed by atoms with E-state index in [1.807, 2.05) is 6.92 Å². The van der Waals surface area contributed by atoms with E-state index in [4.69, 9.17) is 5.73 Å². The number of nitrogens with zero attached hydrogens (tertiary/aromatic N) is 1. The van der Waals surface area contributed by atoms with E-state index < -0.39 is 0 Å². The van der Waals surface area contributed by atoms with Crippen LogP contribution in [0.4, 0.5) is 10.1 Å². The van der Waals surface area contributed by atoms with Crippen molar-refractivity contribution >= 4 is 11.6 Å². The van der Waals surface area contributed by atoms with Gasteiger partial charge >= 0.3 is 0 Å². The van der Waals surface area contributed by atoms with Crippen molar-refractivity contribution in [3.05, 3.63) is 30.1 Å². The Balaban J connectivity index is 2.20. The highest BCUT2D eigenvalue weighted by Crippen LogP contribution is 2.32. The molecule has 2 atom stereocenters. The van der Waals surface area contributed by atoms with Crippen LogP contribution >= 0.6 is 0 Å². The second-order valence-electron chi connectivity index (χ2n) is 5.45. The minimum atomic E-state index is -0.312. The summed E-state index contributed by atoms with van der Waals surface area (Å²) in [4.78, 5) is 14.4. The molecule has 20 heavy (non-hydrogen) atoms. The van der Waals surface area contributed by atoms with E-state index in [-0.39, 0.29) is 23.6 Å². The number of halogens is 1. The predicted octanol–water partition coefficient (Wildman–Crippen LogP) is 2.94. The average Bonchev–Trinajstić information content (AvgIpc) is 2.48. The quantitative estimate of drug-likeness (QED) is 0.920. The SMILES string of the molecule is CCN(C(=O)C1CCCCC1CN)c1cccc(F)c1. The summed E-state index contributed by atoms with van der Waals surface area (Å²) in [5, 5.41) is 0. The lowest BCUT2D eigenvalue weighted by Crippen LogP contribution is -2.42. The van der Waals surface area contributed by atoms with Gasteiger partial charge in [-0.3, -0.25) is 4.79 Å². The number of benzene rings is 1. The first-order valence-corrected chi connectivity index (χ1v) is 7.44. The molecule has 0 heterocycles. The number of anilines is 1. The molecule has 3 nitrogen and oxygen atoms in total. The monoisotopic (exact) mass is 278 g/mol. The van der Waals surface area contributed by atoms with Crippen LogP contribution in [0.15, 0.2) is 24.3 Å². The topological polar surface area (TPSA) is 46.3 Å². The van der Waals surface area contributed by atoms with Crippen molar-refractivity contribution in [3.63, 3.8) is 0 Å². The molecule has 0 aromatic heterocycles. The fraction of sp³-hybridized carbons (Fsp3) is 0.562. The Hall–Kier alpha value is -1.42. The standard InChI is InChI=1S/C16H23FN2O/c1-2-19(14-8-5-7-13(17)10-14)16(20)15-9-4-3-6-12(15)11-18/h5,7-8,10,12,15H,2-4,6,9,11,18H2,1H3. The van der Waals surface area contributed by atoms with Gasteiger partial charge in [-0.15, -0.1) is 0 Å². The highest BCUT2D eigenvalue weighted by molar-refractivity contribution is 5.95. The van der Waals surface area contributed by atoms with Crippen molar-refractivity contribution in [1.82, 2.24) is 0 Å². The molecule has 2 rings (SSSR count). The first-order chi connectivity index (χ1) is 9.67. The fourth-order valence-electron chi connectivity index (χ4n) is 3.12. The fourth-order valence-corrected chi connectivity index (χ4v) is 3.12. The number of carbonyl (C=O) groups excluding carboxylic acids is 1. The van der Waals surface area contributed by atoms with Gasteiger partial charge < -0.3 is 10.6 Å². The third-order valence-electron chi connectivity index (χ3n) is 4.23. The van der Waals surface area contributed by atoms with Gasteiger partial charge in [-0.25, -0.2) is 4.39 Å². The molecule has 0 bridgehead atoms. The molecule has 2 N–H and O–H groups in total. The van der Waals surface area contributed by atoms with Crippen LogP contribution in [0.25, 0.3) is 0 Å². The third-order valence-corrected chi connectivity index (χ3v) is 4.23. The molecule has 110 valence electrons. The molecule has 1 aliphatic carbocycles. The van der Waals surface area contributed by atoms with Gasteiger partial charge in [0.05, 0.1) is 0 Å². The van der Waals surface area contributed by atoms with E-state index in [0.717, 1.165) is 25.7 Å². The van der Waals surface area contributed by atoms with E-state index in [1.165, 1.54) is 12.1 Å². The van der Waals surface area contributed by atoms with Crippen molar-refractivity contribution in [1.29, 1.82) is 0 Å². The smallest absolute Gasteiger partial charge is 0.230 e. The molecule has 1 aliphatic rings. The maximum Gasteiger partial charge on any atom is 0.230 e. The van der Waals surface area contributed by atoms with E-state index in [2.05, 4.69) is 0 Å². The zero-order chi connectivity index (χ0) is 14.5. The van der Waals surface area contributed by atoms with Gasteiger partial charge in [0.25, 0.3) is 0 Å². The highest BCUT2D eigenvalue weighted by Gasteiger charge is 2.33. The third kappa shape index (κ3) is 3.18. The second-order valence-corrected chi connectivity index (χ2v) is 5.45. The van der Waals surface area contributed by atoms with Crippen LogP contribution in [0, 0.1) is 17.7 Å². The Morgan fingerprint density at radius 3 is 2.80 bits per heavy atom. The van der Waals surface area contributed by atoms with E-state index in [0.29, 0.717) is 18.8 Å². The Kier molecular flexibility index (Phi) is 5.12. The zero-order valence-corrected chi connectivity index (χ0v) is 12.0. The van der Waals surface area contributed by atoms with Gasteiger partial charge in [0.2, 0.25) is 5.91 Å². The molecule has 1 fully saturated rings. The Morgan fingerprint density at radius 2 is 2.15 bits per heavy atom. The number of amides is 1. The lowest BCUT2D eigenvalue weighted by atomic mass is 9.78. The van der Waals surface area contributed by atoms with Crippen molar-refractivity contribution in [2.24, 2.45) is 17.6 Å². The number of hydrogen-bond acceptors (Lipinski definition) is 2. The maximum atomic E-state index is 13.4. The number of carbonyl (C=O) groups is 1. The first kappa shape index (κ1) is 15.0. The zero-order valence-electron chi connectivity index (χ0n) is 12.0. The molecule has 0 radical (unpaired) electrons. The van der Waals surface area contributed by atoms with E-state index >= 15 is 0 Å². The van der Waals surface area contributed by atoms with Crippen molar-refractivity contribution in [2.45, 2.75) is 32.6 Å².